The summed E-state index contributed by atoms with van der Waals surface area (Å²) >= 11 is 0. The number of benzene rings is 3. The lowest BCUT2D eigenvalue weighted by Gasteiger charge is -2.10. The largest absolute Gasteiger partial charge is 0.398 e. The Hall–Kier alpha value is -3.32. The zero-order chi connectivity index (χ0) is 19.3. The van der Waals surface area contributed by atoms with E-state index in [0.717, 1.165) is 0 Å². The number of carbonyl (C=O) groups excluding carboxylic acids is 1. The molecule has 3 aromatic carbocycles. The Kier molecular flexibility index (Phi) is 5.42. The van der Waals surface area contributed by atoms with E-state index in [1.165, 1.54) is 18.2 Å². The quantitative estimate of drug-likeness (QED) is 0.504. The van der Waals surface area contributed by atoms with Crippen LogP contribution in [0.25, 0.3) is 0 Å². The average Bonchev–Trinajstić information content (AvgIpc) is 2.64. The van der Waals surface area contributed by atoms with Gasteiger partial charge in [0.2, 0.25) is 5.91 Å². The maximum absolute atomic E-state index is 12.4. The zero-order valence-corrected chi connectivity index (χ0v) is 15.1. The molecule has 0 saturated heterocycles. The van der Waals surface area contributed by atoms with E-state index < -0.39 is 10.1 Å². The molecule has 0 spiro atoms. The number of anilines is 2. The third kappa shape index (κ3) is 4.86. The lowest BCUT2D eigenvalue weighted by Crippen LogP contribution is -2.16. The number of nitrogens with two attached hydrogens (primary N) is 1. The Morgan fingerprint density at radius 1 is 0.926 bits per heavy atom. The molecule has 3 N–H and O–H groups in total. The molecule has 0 atom stereocenters. The van der Waals surface area contributed by atoms with E-state index in [0.29, 0.717) is 11.3 Å². The second-order valence-corrected chi connectivity index (χ2v) is 7.35. The highest BCUT2D eigenvalue weighted by molar-refractivity contribution is 7.87. The fourth-order valence-corrected chi connectivity index (χ4v) is 3.41. The van der Waals surface area contributed by atoms with Crippen molar-refractivity contribution in [1.29, 1.82) is 0 Å². The fourth-order valence-electron chi connectivity index (χ4n) is 2.44. The minimum atomic E-state index is -4.01. The number of nitrogen functional groups attached to an aromatic ring is 1. The van der Waals surface area contributed by atoms with Crippen LogP contribution in [-0.4, -0.2) is 14.3 Å². The van der Waals surface area contributed by atoms with Crippen LogP contribution in [0.2, 0.25) is 0 Å². The lowest BCUT2D eigenvalue weighted by atomic mass is 10.1. The molecule has 0 aliphatic carbocycles. The van der Waals surface area contributed by atoms with E-state index in [1.54, 1.807) is 42.5 Å². The molecule has 0 aliphatic rings. The Bertz CT molecular complexity index is 1040. The summed E-state index contributed by atoms with van der Waals surface area (Å²) in [6.07, 6.45) is 0.0284. The predicted molar refractivity (Wildman–Crippen MR) is 104 cm³/mol. The van der Waals surface area contributed by atoms with Crippen molar-refractivity contribution >= 4 is 27.4 Å². The molecule has 3 aromatic rings. The van der Waals surface area contributed by atoms with Gasteiger partial charge < -0.3 is 15.2 Å². The number of amides is 1. The lowest BCUT2D eigenvalue weighted by molar-refractivity contribution is -0.115. The Labute approximate surface area is 157 Å². The van der Waals surface area contributed by atoms with Gasteiger partial charge in [-0.3, -0.25) is 4.79 Å². The number of hydrogen-bond acceptors (Lipinski definition) is 5. The molecule has 138 valence electrons. The van der Waals surface area contributed by atoms with Gasteiger partial charge >= 0.3 is 10.1 Å². The summed E-state index contributed by atoms with van der Waals surface area (Å²) in [6.45, 7) is 0. The normalized spacial score (nSPS) is 11.0. The molecule has 0 unspecified atom stereocenters. The summed E-state index contributed by atoms with van der Waals surface area (Å²) in [6, 6.07) is 21.4. The van der Waals surface area contributed by atoms with Gasteiger partial charge in [-0.2, -0.15) is 8.42 Å². The number of hydrogen-bond donors (Lipinski definition) is 2. The molecule has 0 aromatic heterocycles. The van der Waals surface area contributed by atoms with E-state index >= 15 is 0 Å². The van der Waals surface area contributed by atoms with Gasteiger partial charge in [-0.1, -0.05) is 42.5 Å². The number of nitrogens with one attached hydrogen (secondary N) is 1. The second kappa shape index (κ2) is 7.92. The van der Waals surface area contributed by atoms with Crippen LogP contribution in [0.5, 0.6) is 5.75 Å². The summed E-state index contributed by atoms with van der Waals surface area (Å²) in [5.41, 5.74) is 7.36. The molecule has 0 heterocycles. The number of rotatable bonds is 6. The molecule has 3 rings (SSSR count). The molecule has 1 amide bonds. The second-order valence-electron chi connectivity index (χ2n) is 5.80. The standard InChI is InChI=1S/C20H18N2O4S/c21-19-14-18(27(24,25)26-17-9-5-2-6-10-17)12-11-15(19)13-20(23)22-16-7-3-1-4-8-16/h1-12,14H,13,21H2,(H,22,23). The van der Waals surface area contributed by atoms with Crippen molar-refractivity contribution < 1.29 is 17.4 Å². The SMILES string of the molecule is Nc1cc(S(=O)(=O)Oc2ccccc2)ccc1CC(=O)Nc1ccccc1. The van der Waals surface area contributed by atoms with Crippen LogP contribution in [0.4, 0.5) is 11.4 Å². The van der Waals surface area contributed by atoms with Crippen molar-refractivity contribution in [2.75, 3.05) is 11.1 Å². The van der Waals surface area contributed by atoms with Crippen LogP contribution < -0.4 is 15.2 Å². The first-order chi connectivity index (χ1) is 12.9. The molecule has 0 radical (unpaired) electrons. The molecule has 0 bridgehead atoms. The van der Waals surface area contributed by atoms with E-state index in [-0.39, 0.29) is 28.7 Å². The summed E-state index contributed by atoms with van der Waals surface area (Å²) in [7, 11) is -4.01. The Morgan fingerprint density at radius 2 is 1.56 bits per heavy atom. The molecular formula is C20H18N2O4S. The van der Waals surface area contributed by atoms with Crippen molar-refractivity contribution in [2.45, 2.75) is 11.3 Å². The van der Waals surface area contributed by atoms with Crippen LogP contribution in [0.15, 0.2) is 83.8 Å². The Morgan fingerprint density at radius 3 is 2.19 bits per heavy atom. The molecule has 0 fully saturated rings. The van der Waals surface area contributed by atoms with Gasteiger partial charge in [-0.15, -0.1) is 0 Å². The third-order valence-electron chi connectivity index (χ3n) is 3.76. The predicted octanol–water partition coefficient (Wildman–Crippen LogP) is 3.22. The summed E-state index contributed by atoms with van der Waals surface area (Å²) in [4.78, 5) is 12.1. The highest BCUT2D eigenvalue weighted by Gasteiger charge is 2.18. The highest BCUT2D eigenvalue weighted by Crippen LogP contribution is 2.22. The fraction of sp³-hybridized carbons (Fsp3) is 0.0500. The van der Waals surface area contributed by atoms with Gasteiger partial charge in [-0.25, -0.2) is 0 Å². The number of para-hydroxylation sites is 2. The van der Waals surface area contributed by atoms with Crippen molar-refractivity contribution in [2.24, 2.45) is 0 Å². The minimum Gasteiger partial charge on any atom is -0.398 e. The van der Waals surface area contributed by atoms with Crippen LogP contribution >= 0.6 is 0 Å². The summed E-state index contributed by atoms with van der Waals surface area (Å²) < 4.78 is 29.8. The van der Waals surface area contributed by atoms with Crippen molar-refractivity contribution in [3.05, 3.63) is 84.4 Å². The molecule has 7 heteroatoms. The van der Waals surface area contributed by atoms with E-state index in [2.05, 4.69) is 5.32 Å². The smallest absolute Gasteiger partial charge is 0.339 e. The van der Waals surface area contributed by atoms with Crippen molar-refractivity contribution in [3.63, 3.8) is 0 Å². The van der Waals surface area contributed by atoms with Gasteiger partial charge in [0.15, 0.2) is 0 Å². The molecule has 27 heavy (non-hydrogen) atoms. The van der Waals surface area contributed by atoms with Crippen LogP contribution in [0.3, 0.4) is 0 Å². The maximum atomic E-state index is 12.4. The first kappa shape index (κ1) is 18.5. The first-order valence-corrected chi connectivity index (χ1v) is 9.58. The van der Waals surface area contributed by atoms with Crippen LogP contribution in [0.1, 0.15) is 5.56 Å². The van der Waals surface area contributed by atoms with Gasteiger partial charge in [0.05, 0.1) is 6.42 Å². The topological polar surface area (TPSA) is 98.5 Å². The highest BCUT2D eigenvalue weighted by atomic mass is 32.2. The monoisotopic (exact) mass is 382 g/mol. The van der Waals surface area contributed by atoms with Gasteiger partial charge in [0, 0.05) is 11.4 Å². The minimum absolute atomic E-state index is 0.0284. The number of carbonyl (C=O) groups is 1. The summed E-state index contributed by atoms with van der Waals surface area (Å²) in [5.74, 6) is -0.0357. The molecule has 0 aliphatic heterocycles. The van der Waals surface area contributed by atoms with Crippen molar-refractivity contribution in [3.8, 4) is 5.75 Å². The third-order valence-corrected chi connectivity index (χ3v) is 5.01. The first-order valence-electron chi connectivity index (χ1n) is 8.17. The van der Waals surface area contributed by atoms with Gasteiger partial charge in [-0.05, 0) is 42.0 Å². The van der Waals surface area contributed by atoms with Crippen LogP contribution in [-0.2, 0) is 21.3 Å². The van der Waals surface area contributed by atoms with E-state index in [1.807, 2.05) is 18.2 Å². The van der Waals surface area contributed by atoms with E-state index in [9.17, 15) is 13.2 Å². The summed E-state index contributed by atoms with van der Waals surface area (Å²) in [5, 5.41) is 2.76. The average molecular weight is 382 g/mol. The molecule has 0 saturated carbocycles. The molecular weight excluding hydrogens is 364 g/mol. The maximum Gasteiger partial charge on any atom is 0.339 e. The zero-order valence-electron chi connectivity index (χ0n) is 14.3. The molecule has 6 nitrogen and oxygen atoms in total. The van der Waals surface area contributed by atoms with Crippen LogP contribution in [0, 0.1) is 0 Å². The van der Waals surface area contributed by atoms with Gasteiger partial charge in [0.1, 0.15) is 10.6 Å². The van der Waals surface area contributed by atoms with Gasteiger partial charge in [0.25, 0.3) is 0 Å². The van der Waals surface area contributed by atoms with Crippen molar-refractivity contribution in [1.82, 2.24) is 0 Å². The Balaban J connectivity index is 1.72. The van der Waals surface area contributed by atoms with E-state index in [4.69, 9.17) is 9.92 Å².